The maximum absolute atomic E-state index is 13.8. The summed E-state index contributed by atoms with van der Waals surface area (Å²) in [4.78, 5) is 41.8. The first kappa shape index (κ1) is 23.4. The van der Waals surface area contributed by atoms with E-state index in [1.54, 1.807) is 23.6 Å². The van der Waals surface area contributed by atoms with E-state index in [0.29, 0.717) is 6.42 Å². The van der Waals surface area contributed by atoms with Gasteiger partial charge in [0.25, 0.3) is 0 Å². The maximum Gasteiger partial charge on any atom is 0.310 e. The Morgan fingerprint density at radius 2 is 2.00 bits per heavy atom. The van der Waals surface area contributed by atoms with Crippen LogP contribution in [0.5, 0.6) is 0 Å². The first-order valence-corrected chi connectivity index (χ1v) is 12.1. The van der Waals surface area contributed by atoms with Gasteiger partial charge >= 0.3 is 5.97 Å². The van der Waals surface area contributed by atoms with Crippen LogP contribution in [0.1, 0.15) is 54.4 Å². The summed E-state index contributed by atoms with van der Waals surface area (Å²) >= 11 is 1.63. The van der Waals surface area contributed by atoms with E-state index >= 15 is 0 Å². The van der Waals surface area contributed by atoms with Crippen molar-refractivity contribution in [1.29, 1.82) is 0 Å². The number of fused-ring (bicyclic) bond motifs is 1. The van der Waals surface area contributed by atoms with Crippen LogP contribution in [0.3, 0.4) is 0 Å². The number of rotatable bonds is 8. The molecule has 1 spiro atoms. The number of likely N-dealkylation sites (tertiary alicyclic amines) is 1. The fourth-order valence-electron chi connectivity index (χ4n) is 5.84. The van der Waals surface area contributed by atoms with Gasteiger partial charge in [0.15, 0.2) is 0 Å². The van der Waals surface area contributed by atoms with Crippen molar-refractivity contribution in [2.45, 2.75) is 82.5 Å². The van der Waals surface area contributed by atoms with E-state index in [4.69, 9.17) is 4.74 Å². The number of aliphatic hydroxyl groups excluding tert-OH is 1. The molecule has 2 bridgehead atoms. The molecule has 0 aromatic rings. The molecule has 3 aliphatic rings. The quantitative estimate of drug-likeness (QED) is 0.559. The minimum Gasteiger partial charge on any atom is -0.466 e. The second-order valence-electron chi connectivity index (χ2n) is 9.68. The number of ether oxygens (including phenoxy) is 1. The van der Waals surface area contributed by atoms with Crippen molar-refractivity contribution in [3.05, 3.63) is 0 Å². The van der Waals surface area contributed by atoms with E-state index in [1.165, 1.54) is 0 Å². The number of amides is 2. The molecular weight excluding hydrogens is 404 g/mol. The predicted octanol–water partition coefficient (Wildman–Crippen LogP) is 1.82. The van der Waals surface area contributed by atoms with Crippen LogP contribution in [-0.2, 0) is 19.1 Å². The van der Waals surface area contributed by atoms with E-state index in [-0.39, 0.29) is 54.1 Å². The topological polar surface area (TPSA) is 95.9 Å². The smallest absolute Gasteiger partial charge is 0.310 e. The molecule has 8 heteroatoms. The van der Waals surface area contributed by atoms with Gasteiger partial charge in [-0.3, -0.25) is 14.4 Å². The summed E-state index contributed by atoms with van der Waals surface area (Å²) in [6.45, 7) is 11.8. The van der Waals surface area contributed by atoms with Crippen LogP contribution in [0.2, 0.25) is 0 Å². The molecule has 0 aromatic carbocycles. The molecule has 0 aliphatic carbocycles. The summed E-state index contributed by atoms with van der Waals surface area (Å²) in [5.74, 6) is -1.46. The molecule has 0 aromatic heterocycles. The predicted molar refractivity (Wildman–Crippen MR) is 116 cm³/mol. The van der Waals surface area contributed by atoms with Gasteiger partial charge in [0.1, 0.15) is 6.04 Å². The van der Waals surface area contributed by atoms with Crippen LogP contribution >= 0.6 is 11.8 Å². The lowest BCUT2D eigenvalue weighted by molar-refractivity contribution is -0.154. The van der Waals surface area contributed by atoms with Gasteiger partial charge in [0.2, 0.25) is 11.8 Å². The third kappa shape index (κ3) is 3.53. The van der Waals surface area contributed by atoms with Crippen LogP contribution in [0.25, 0.3) is 0 Å². The van der Waals surface area contributed by atoms with Gasteiger partial charge in [-0.15, -0.1) is 11.8 Å². The number of thioether (sulfide) groups is 1. The lowest BCUT2D eigenvalue weighted by atomic mass is 9.66. The van der Waals surface area contributed by atoms with Gasteiger partial charge in [-0.2, -0.15) is 0 Å². The van der Waals surface area contributed by atoms with Crippen LogP contribution in [-0.4, -0.2) is 69.1 Å². The summed E-state index contributed by atoms with van der Waals surface area (Å²) in [5.41, 5.74) is 0. The average molecular weight is 441 g/mol. The van der Waals surface area contributed by atoms with Crippen molar-refractivity contribution in [3.8, 4) is 0 Å². The van der Waals surface area contributed by atoms with Gasteiger partial charge in [-0.05, 0) is 45.4 Å². The number of carbonyl (C=O) groups excluding carboxylic acids is 3. The normalized spacial score (nSPS) is 35.8. The van der Waals surface area contributed by atoms with Crippen molar-refractivity contribution in [2.24, 2.45) is 23.7 Å². The van der Waals surface area contributed by atoms with Gasteiger partial charge in [0.05, 0.1) is 35.8 Å². The zero-order chi connectivity index (χ0) is 22.4. The zero-order valence-corrected chi connectivity index (χ0v) is 19.7. The number of nitrogens with one attached hydrogen (secondary N) is 1. The molecule has 30 heavy (non-hydrogen) atoms. The molecule has 170 valence electrons. The largest absolute Gasteiger partial charge is 0.466 e. The van der Waals surface area contributed by atoms with E-state index in [9.17, 15) is 19.5 Å². The summed E-state index contributed by atoms with van der Waals surface area (Å²) < 4.78 is 4.68. The molecular formula is C22H36N2O5S. The summed E-state index contributed by atoms with van der Waals surface area (Å²) in [5, 5.41) is 13.2. The second-order valence-corrected chi connectivity index (χ2v) is 11.2. The zero-order valence-electron chi connectivity index (χ0n) is 18.9. The Balaban J connectivity index is 2.09. The second kappa shape index (κ2) is 8.69. The third-order valence-corrected chi connectivity index (χ3v) is 8.85. The Labute approximate surface area is 183 Å². The van der Waals surface area contributed by atoms with Crippen molar-refractivity contribution in [2.75, 3.05) is 13.2 Å². The highest BCUT2D eigenvalue weighted by Gasteiger charge is 2.76. The Hall–Kier alpha value is -1.28. The lowest BCUT2D eigenvalue weighted by Crippen LogP contribution is -2.59. The van der Waals surface area contributed by atoms with Crippen LogP contribution < -0.4 is 5.32 Å². The Kier molecular flexibility index (Phi) is 6.77. The molecule has 7 atom stereocenters. The number of hydrogen-bond donors (Lipinski definition) is 2. The monoisotopic (exact) mass is 440 g/mol. The first-order valence-electron chi connectivity index (χ1n) is 11.2. The van der Waals surface area contributed by atoms with Crippen molar-refractivity contribution < 1.29 is 24.2 Å². The number of carbonyl (C=O) groups is 3. The van der Waals surface area contributed by atoms with Crippen molar-refractivity contribution in [1.82, 2.24) is 10.2 Å². The highest BCUT2D eigenvalue weighted by Crippen LogP contribution is 2.69. The van der Waals surface area contributed by atoms with Gasteiger partial charge in [-0.25, -0.2) is 0 Å². The number of hydrogen-bond acceptors (Lipinski definition) is 6. The molecule has 3 unspecified atom stereocenters. The highest BCUT2D eigenvalue weighted by atomic mass is 32.2. The van der Waals surface area contributed by atoms with Crippen LogP contribution in [0.15, 0.2) is 0 Å². The standard InChI is InChI=1S/C22H36N2O5S/c1-7-29-21(28)16-15-9-13(6)22(30-15)17(16)20(27)24(14(10-25)8-11(2)3)18(22)19(26)23-12(4)5/h11-18,25H,7-10H2,1-6H3,(H,23,26)/t13?,14-,15-,16+,17+,18?,22?/m1/s1. The Morgan fingerprint density at radius 3 is 2.53 bits per heavy atom. The van der Waals surface area contributed by atoms with Crippen molar-refractivity contribution >= 4 is 29.5 Å². The Morgan fingerprint density at radius 1 is 1.33 bits per heavy atom. The summed E-state index contributed by atoms with van der Waals surface area (Å²) in [7, 11) is 0. The third-order valence-electron chi connectivity index (χ3n) is 6.77. The maximum atomic E-state index is 13.8. The molecule has 2 N–H and O–H groups in total. The fourth-order valence-corrected chi connectivity index (χ4v) is 8.24. The number of esters is 1. The van der Waals surface area contributed by atoms with E-state index in [1.807, 2.05) is 27.7 Å². The van der Waals surface area contributed by atoms with E-state index in [2.05, 4.69) is 12.2 Å². The molecule has 3 rings (SSSR count). The average Bonchev–Trinajstić information content (AvgIpc) is 3.23. The summed E-state index contributed by atoms with van der Waals surface area (Å²) in [6, 6.07) is -1.21. The number of nitrogens with zero attached hydrogens (tertiary/aromatic N) is 1. The molecule has 7 nitrogen and oxygen atoms in total. The molecule has 3 fully saturated rings. The highest BCUT2D eigenvalue weighted by molar-refractivity contribution is 8.02. The van der Waals surface area contributed by atoms with Gasteiger partial charge in [-0.1, -0.05) is 20.8 Å². The lowest BCUT2D eigenvalue weighted by Gasteiger charge is -2.40. The van der Waals surface area contributed by atoms with Crippen LogP contribution in [0.4, 0.5) is 0 Å². The molecule has 0 saturated carbocycles. The molecule has 3 heterocycles. The SMILES string of the molecule is CCOC(=O)[C@@H]1[C@H]2C(=O)N([C@@H](CO)CC(C)C)C(C(=O)NC(C)C)C23S[C@@H]1CC3C. The minimum atomic E-state index is -0.697. The van der Waals surface area contributed by atoms with E-state index < -0.39 is 28.7 Å². The molecule has 3 saturated heterocycles. The first-order chi connectivity index (χ1) is 14.1. The van der Waals surface area contributed by atoms with E-state index in [0.717, 1.165) is 6.42 Å². The minimum absolute atomic E-state index is 0.0119. The van der Waals surface area contributed by atoms with Crippen LogP contribution in [0, 0.1) is 23.7 Å². The summed E-state index contributed by atoms with van der Waals surface area (Å²) in [6.07, 6.45) is 1.38. The fraction of sp³-hybridized carbons (Fsp3) is 0.864. The van der Waals surface area contributed by atoms with Gasteiger partial charge < -0.3 is 20.1 Å². The number of aliphatic hydroxyl groups is 1. The Bertz CT molecular complexity index is 699. The molecule has 0 radical (unpaired) electrons. The molecule has 3 aliphatic heterocycles. The van der Waals surface area contributed by atoms with Crippen molar-refractivity contribution in [3.63, 3.8) is 0 Å². The van der Waals surface area contributed by atoms with Gasteiger partial charge in [0, 0.05) is 11.3 Å². The molecule has 2 amide bonds.